The van der Waals surface area contributed by atoms with Crippen LogP contribution < -0.4 is 4.90 Å². The Balaban J connectivity index is 1.07. The Morgan fingerprint density at radius 1 is 0.784 bits per heavy atom. The third-order valence-corrected chi connectivity index (χ3v) is 9.01. The first kappa shape index (κ1) is 28.8. The molecule has 6 nitrogen and oxygen atoms in total. The van der Waals surface area contributed by atoms with Crippen molar-refractivity contribution in [2.24, 2.45) is 0 Å². The van der Waals surface area contributed by atoms with Crippen LogP contribution in [0.2, 0.25) is 0 Å². The number of piperidine rings is 1. The summed E-state index contributed by atoms with van der Waals surface area (Å²) in [6.45, 7) is 15.9. The first-order valence-electron chi connectivity index (χ1n) is 15.7. The molecule has 3 aliphatic heterocycles. The van der Waals surface area contributed by atoms with Gasteiger partial charge in [0.2, 0.25) is 5.95 Å². The molecule has 0 aromatic carbocycles. The molecule has 0 radical (unpaired) electrons. The Labute approximate surface area is 227 Å². The SMILES string of the molecule is CC(C)OCCCCCCCCCCN1CCC(c2cnc(N3C4CCC3CN(C(C)C)C4)nc2)CC1. The molecule has 4 heterocycles. The average Bonchev–Trinajstić information content (AvgIpc) is 3.16. The maximum atomic E-state index is 5.62. The highest BCUT2D eigenvalue weighted by Crippen LogP contribution is 2.34. The number of fused-ring (bicyclic) bond motifs is 2. The first-order chi connectivity index (χ1) is 18.0. The van der Waals surface area contributed by atoms with Gasteiger partial charge in [0, 0.05) is 50.2 Å². The van der Waals surface area contributed by atoms with Gasteiger partial charge in [-0.05, 0) is 97.3 Å². The van der Waals surface area contributed by atoms with Crippen LogP contribution in [0.4, 0.5) is 5.95 Å². The molecule has 0 N–H and O–H groups in total. The topological polar surface area (TPSA) is 44.7 Å². The molecule has 1 aromatic heterocycles. The quantitative estimate of drug-likeness (QED) is 0.258. The van der Waals surface area contributed by atoms with Gasteiger partial charge in [-0.2, -0.15) is 0 Å². The molecule has 3 fully saturated rings. The Bertz CT molecular complexity index is 747. The molecule has 2 unspecified atom stereocenters. The minimum Gasteiger partial charge on any atom is -0.379 e. The van der Waals surface area contributed by atoms with E-state index in [0.29, 0.717) is 30.1 Å². The zero-order chi connectivity index (χ0) is 26.0. The number of piperazine rings is 1. The van der Waals surface area contributed by atoms with Gasteiger partial charge in [-0.3, -0.25) is 4.90 Å². The van der Waals surface area contributed by atoms with Crippen molar-refractivity contribution in [1.82, 2.24) is 19.8 Å². The molecule has 0 amide bonds. The van der Waals surface area contributed by atoms with E-state index >= 15 is 0 Å². The van der Waals surface area contributed by atoms with E-state index in [4.69, 9.17) is 14.7 Å². The summed E-state index contributed by atoms with van der Waals surface area (Å²) < 4.78 is 5.62. The van der Waals surface area contributed by atoms with Crippen molar-refractivity contribution < 1.29 is 4.74 Å². The molecule has 3 saturated heterocycles. The molecular weight excluding hydrogens is 458 g/mol. The first-order valence-corrected chi connectivity index (χ1v) is 15.7. The molecule has 0 saturated carbocycles. The van der Waals surface area contributed by atoms with E-state index < -0.39 is 0 Å². The molecule has 37 heavy (non-hydrogen) atoms. The van der Waals surface area contributed by atoms with Crippen LogP contribution >= 0.6 is 0 Å². The lowest BCUT2D eigenvalue weighted by atomic mass is 9.91. The van der Waals surface area contributed by atoms with Gasteiger partial charge in [0.05, 0.1) is 6.10 Å². The predicted molar refractivity (Wildman–Crippen MR) is 154 cm³/mol. The van der Waals surface area contributed by atoms with Gasteiger partial charge in [-0.15, -0.1) is 0 Å². The summed E-state index contributed by atoms with van der Waals surface area (Å²) >= 11 is 0. The van der Waals surface area contributed by atoms with E-state index in [0.717, 1.165) is 25.6 Å². The summed E-state index contributed by atoms with van der Waals surface area (Å²) in [5.74, 6) is 1.60. The normalized spacial score (nSPS) is 23.6. The number of hydrogen-bond acceptors (Lipinski definition) is 6. The van der Waals surface area contributed by atoms with Crippen LogP contribution in [0.15, 0.2) is 12.4 Å². The van der Waals surface area contributed by atoms with E-state index in [-0.39, 0.29) is 0 Å². The van der Waals surface area contributed by atoms with Gasteiger partial charge >= 0.3 is 0 Å². The summed E-state index contributed by atoms with van der Waals surface area (Å²) in [6.07, 6.45) is 20.6. The van der Waals surface area contributed by atoms with Crippen molar-refractivity contribution in [2.75, 3.05) is 44.2 Å². The lowest BCUT2D eigenvalue weighted by Gasteiger charge is -2.42. The third-order valence-electron chi connectivity index (χ3n) is 9.01. The van der Waals surface area contributed by atoms with Crippen LogP contribution in [0.1, 0.15) is 116 Å². The molecule has 6 heteroatoms. The van der Waals surface area contributed by atoms with Gasteiger partial charge in [-0.25, -0.2) is 9.97 Å². The molecule has 4 rings (SSSR count). The van der Waals surface area contributed by atoms with E-state index in [2.05, 4.69) is 54.8 Å². The van der Waals surface area contributed by atoms with Crippen molar-refractivity contribution >= 4 is 5.95 Å². The Hall–Kier alpha value is -1.24. The second-order valence-electron chi connectivity index (χ2n) is 12.5. The molecular formula is C31H55N5O. The number of aromatic nitrogens is 2. The fourth-order valence-electron chi connectivity index (χ4n) is 6.67. The lowest BCUT2D eigenvalue weighted by Crippen LogP contribution is -2.56. The minimum atomic E-state index is 0.377. The maximum Gasteiger partial charge on any atom is 0.225 e. The fourth-order valence-corrected chi connectivity index (χ4v) is 6.67. The maximum absolute atomic E-state index is 5.62. The average molecular weight is 514 g/mol. The number of anilines is 1. The summed E-state index contributed by atoms with van der Waals surface area (Å²) in [7, 11) is 0. The van der Waals surface area contributed by atoms with Crippen molar-refractivity contribution in [1.29, 1.82) is 0 Å². The number of hydrogen-bond donors (Lipinski definition) is 0. The molecule has 2 atom stereocenters. The van der Waals surface area contributed by atoms with Gasteiger partial charge in [0.15, 0.2) is 0 Å². The molecule has 210 valence electrons. The van der Waals surface area contributed by atoms with E-state index in [1.165, 1.54) is 102 Å². The third kappa shape index (κ3) is 8.63. The highest BCUT2D eigenvalue weighted by molar-refractivity contribution is 5.38. The van der Waals surface area contributed by atoms with Crippen molar-refractivity contribution in [3.63, 3.8) is 0 Å². The Morgan fingerprint density at radius 3 is 1.92 bits per heavy atom. The number of unbranched alkanes of at least 4 members (excludes halogenated alkanes) is 7. The monoisotopic (exact) mass is 513 g/mol. The van der Waals surface area contributed by atoms with E-state index in [1.807, 2.05) is 0 Å². The molecule has 0 aliphatic carbocycles. The van der Waals surface area contributed by atoms with Crippen LogP contribution in [0.5, 0.6) is 0 Å². The van der Waals surface area contributed by atoms with Crippen molar-refractivity contribution in [2.45, 2.75) is 135 Å². The molecule has 2 bridgehead atoms. The Kier molecular flexibility index (Phi) is 11.5. The van der Waals surface area contributed by atoms with Crippen molar-refractivity contribution in [3.8, 4) is 0 Å². The summed E-state index contributed by atoms with van der Waals surface area (Å²) in [5.41, 5.74) is 1.35. The lowest BCUT2D eigenvalue weighted by molar-refractivity contribution is 0.0756. The van der Waals surface area contributed by atoms with Gasteiger partial charge in [0.1, 0.15) is 0 Å². The van der Waals surface area contributed by atoms with Crippen LogP contribution in [-0.4, -0.2) is 83.3 Å². The standard InChI is InChI=1S/C31H55N5O/c1-25(2)35-23-29-13-14-30(24-35)36(29)31-32-21-28(22-33-31)27-15-18-34(19-16-27)17-11-9-7-5-6-8-10-12-20-37-26(3)4/h21-22,25-27,29-30H,5-20,23-24H2,1-4H3. The zero-order valence-corrected chi connectivity index (χ0v) is 24.4. The highest BCUT2D eigenvalue weighted by atomic mass is 16.5. The summed E-state index contributed by atoms with van der Waals surface area (Å²) in [6, 6.07) is 1.81. The van der Waals surface area contributed by atoms with Crippen LogP contribution in [-0.2, 0) is 4.74 Å². The van der Waals surface area contributed by atoms with Crippen molar-refractivity contribution in [3.05, 3.63) is 18.0 Å². The molecule has 0 spiro atoms. The summed E-state index contributed by atoms with van der Waals surface area (Å²) in [4.78, 5) is 17.6. The molecule has 1 aromatic rings. The number of ether oxygens (including phenoxy) is 1. The van der Waals surface area contributed by atoms with Gasteiger partial charge < -0.3 is 14.5 Å². The van der Waals surface area contributed by atoms with Gasteiger partial charge in [-0.1, -0.05) is 38.5 Å². The van der Waals surface area contributed by atoms with E-state index in [1.54, 1.807) is 0 Å². The minimum absolute atomic E-state index is 0.377. The number of nitrogens with zero attached hydrogens (tertiary/aromatic N) is 5. The van der Waals surface area contributed by atoms with Crippen LogP contribution in [0, 0.1) is 0 Å². The van der Waals surface area contributed by atoms with Gasteiger partial charge in [0.25, 0.3) is 0 Å². The second-order valence-corrected chi connectivity index (χ2v) is 12.5. The summed E-state index contributed by atoms with van der Waals surface area (Å²) in [5, 5.41) is 0. The van der Waals surface area contributed by atoms with Crippen LogP contribution in [0.3, 0.4) is 0 Å². The number of likely N-dealkylation sites (tertiary alicyclic amines) is 2. The fraction of sp³-hybridized carbons (Fsp3) is 0.871. The largest absolute Gasteiger partial charge is 0.379 e. The van der Waals surface area contributed by atoms with E-state index in [9.17, 15) is 0 Å². The Morgan fingerprint density at radius 2 is 1.35 bits per heavy atom. The highest BCUT2D eigenvalue weighted by Gasteiger charge is 2.41. The van der Waals surface area contributed by atoms with Crippen LogP contribution in [0.25, 0.3) is 0 Å². The zero-order valence-electron chi connectivity index (χ0n) is 24.4. The smallest absolute Gasteiger partial charge is 0.225 e. The number of rotatable bonds is 15. The second kappa shape index (κ2) is 14.8. The molecule has 3 aliphatic rings. The predicted octanol–water partition coefficient (Wildman–Crippen LogP) is 6.26.